The average molecular weight is 193 g/mol. The summed E-state index contributed by atoms with van der Waals surface area (Å²) in [5, 5.41) is 3.07. The highest BCUT2D eigenvalue weighted by atomic mass is 31.2. The molecule has 1 atom stereocenters. The Labute approximate surface area is 73.2 Å². The maximum absolute atomic E-state index is 11.8. The Morgan fingerprint density at radius 2 is 1.92 bits per heavy atom. The van der Waals surface area contributed by atoms with E-state index < -0.39 is 7.60 Å². The van der Waals surface area contributed by atoms with Gasteiger partial charge in [0.1, 0.15) is 0 Å². The summed E-state index contributed by atoms with van der Waals surface area (Å²) < 4.78 is 22.0. The van der Waals surface area contributed by atoms with Gasteiger partial charge in [-0.3, -0.25) is 4.57 Å². The first-order valence-electron chi connectivity index (χ1n) is 4.31. The Bertz CT molecular complexity index is 171. The molecule has 0 aromatic heterocycles. The Morgan fingerprint density at radius 3 is 2.25 bits per heavy atom. The van der Waals surface area contributed by atoms with Gasteiger partial charge < -0.3 is 14.4 Å². The minimum Gasteiger partial charge on any atom is -0.311 e. The van der Waals surface area contributed by atoms with Crippen LogP contribution >= 0.6 is 7.60 Å². The van der Waals surface area contributed by atoms with Gasteiger partial charge in [0.05, 0.1) is 19.4 Å². The van der Waals surface area contributed by atoms with Crippen LogP contribution in [0.4, 0.5) is 0 Å². The summed E-state index contributed by atoms with van der Waals surface area (Å²) in [7, 11) is -2.78. The van der Waals surface area contributed by atoms with Crippen molar-refractivity contribution in [1.82, 2.24) is 5.32 Å². The molecule has 4 nitrogen and oxygen atoms in total. The lowest BCUT2D eigenvalue weighted by atomic mass is 10.6. The molecule has 0 aromatic rings. The maximum atomic E-state index is 11.8. The summed E-state index contributed by atoms with van der Waals surface area (Å²) >= 11 is 0. The zero-order valence-corrected chi connectivity index (χ0v) is 8.47. The molecular formula is C7H16NO3P. The Morgan fingerprint density at radius 1 is 1.42 bits per heavy atom. The Balaban J connectivity index is 2.38. The summed E-state index contributed by atoms with van der Waals surface area (Å²) in [4.78, 5) is 0. The second-order valence-electron chi connectivity index (χ2n) is 2.73. The van der Waals surface area contributed by atoms with Crippen LogP contribution in [0, 0.1) is 0 Å². The van der Waals surface area contributed by atoms with Crippen LogP contribution < -0.4 is 5.32 Å². The van der Waals surface area contributed by atoms with Gasteiger partial charge >= 0.3 is 7.60 Å². The van der Waals surface area contributed by atoms with Crippen molar-refractivity contribution in [2.75, 3.05) is 25.9 Å². The van der Waals surface area contributed by atoms with Gasteiger partial charge in [0.15, 0.2) is 0 Å². The van der Waals surface area contributed by atoms with E-state index >= 15 is 0 Å². The van der Waals surface area contributed by atoms with Crippen molar-refractivity contribution in [2.24, 2.45) is 0 Å². The molecule has 1 heterocycles. The van der Waals surface area contributed by atoms with E-state index in [9.17, 15) is 4.57 Å². The van der Waals surface area contributed by atoms with E-state index in [4.69, 9.17) is 9.05 Å². The molecule has 0 radical (unpaired) electrons. The van der Waals surface area contributed by atoms with Crippen molar-refractivity contribution < 1.29 is 13.6 Å². The minimum absolute atomic E-state index is 0.342. The standard InChI is InChI=1S/C7H16NO3P/c1-3-10-12(9,11-4-2)6-7-5-8-7/h7-8H,3-6H2,1-2H3/t7-/m0/s1. The van der Waals surface area contributed by atoms with Gasteiger partial charge in [-0.15, -0.1) is 0 Å². The number of nitrogens with one attached hydrogen (secondary N) is 1. The van der Waals surface area contributed by atoms with Crippen LogP contribution in [0.15, 0.2) is 0 Å². The summed E-state index contributed by atoms with van der Waals surface area (Å²) in [5.74, 6) is 0. The highest BCUT2D eigenvalue weighted by molar-refractivity contribution is 7.53. The third kappa shape index (κ3) is 3.23. The number of rotatable bonds is 6. The first-order valence-corrected chi connectivity index (χ1v) is 6.04. The van der Waals surface area contributed by atoms with Crippen molar-refractivity contribution in [2.45, 2.75) is 19.9 Å². The Hall–Kier alpha value is 0.110. The topological polar surface area (TPSA) is 57.5 Å². The van der Waals surface area contributed by atoms with Crippen LogP contribution in [0.3, 0.4) is 0 Å². The zero-order chi connectivity index (χ0) is 9.03. The average Bonchev–Trinajstić information content (AvgIpc) is 2.72. The third-order valence-corrected chi connectivity index (χ3v) is 3.78. The molecule has 12 heavy (non-hydrogen) atoms. The van der Waals surface area contributed by atoms with Crippen LogP contribution in [0.2, 0.25) is 0 Å². The number of hydrogen-bond donors (Lipinski definition) is 1. The molecule has 0 aromatic carbocycles. The first-order chi connectivity index (χ1) is 5.70. The summed E-state index contributed by atoms with van der Waals surface area (Å²) in [6.45, 7) is 5.48. The predicted molar refractivity (Wildman–Crippen MR) is 47.5 cm³/mol. The molecule has 0 amide bonds. The van der Waals surface area contributed by atoms with E-state index in [1.54, 1.807) is 0 Å². The Kier molecular flexibility index (Phi) is 3.72. The minimum atomic E-state index is -2.78. The van der Waals surface area contributed by atoms with Gasteiger partial charge in [0, 0.05) is 12.6 Å². The molecule has 0 bridgehead atoms. The lowest BCUT2D eigenvalue weighted by Gasteiger charge is -2.15. The highest BCUT2D eigenvalue weighted by Gasteiger charge is 2.33. The van der Waals surface area contributed by atoms with Gasteiger partial charge in [0.2, 0.25) is 0 Å². The van der Waals surface area contributed by atoms with E-state index in [1.807, 2.05) is 13.8 Å². The van der Waals surface area contributed by atoms with Crippen LogP contribution in [0.25, 0.3) is 0 Å². The van der Waals surface area contributed by atoms with E-state index in [0.717, 1.165) is 6.54 Å². The molecule has 0 unspecified atom stereocenters. The van der Waals surface area contributed by atoms with Gasteiger partial charge in [-0.25, -0.2) is 0 Å². The fourth-order valence-electron chi connectivity index (χ4n) is 1.02. The van der Waals surface area contributed by atoms with Crippen molar-refractivity contribution in [3.63, 3.8) is 0 Å². The predicted octanol–water partition coefficient (Wildman–Crippen LogP) is 1.22. The highest BCUT2D eigenvalue weighted by Crippen LogP contribution is 2.49. The molecule has 72 valence electrons. The lowest BCUT2D eigenvalue weighted by Crippen LogP contribution is -2.06. The van der Waals surface area contributed by atoms with Gasteiger partial charge in [-0.05, 0) is 13.8 Å². The smallest absolute Gasteiger partial charge is 0.311 e. The molecule has 0 aliphatic carbocycles. The molecular weight excluding hydrogens is 177 g/mol. The monoisotopic (exact) mass is 193 g/mol. The number of hydrogen-bond acceptors (Lipinski definition) is 4. The molecule has 1 N–H and O–H groups in total. The van der Waals surface area contributed by atoms with Crippen LogP contribution in [-0.2, 0) is 13.6 Å². The molecule has 5 heteroatoms. The second-order valence-corrected chi connectivity index (χ2v) is 4.84. The summed E-state index contributed by atoms with van der Waals surface area (Å²) in [5.41, 5.74) is 0. The molecule has 1 aliphatic heterocycles. The molecule has 0 spiro atoms. The van der Waals surface area contributed by atoms with Gasteiger partial charge in [-0.1, -0.05) is 0 Å². The zero-order valence-electron chi connectivity index (χ0n) is 7.58. The van der Waals surface area contributed by atoms with E-state index in [2.05, 4.69) is 5.32 Å². The van der Waals surface area contributed by atoms with E-state index in [-0.39, 0.29) is 0 Å². The molecule has 1 saturated heterocycles. The largest absolute Gasteiger partial charge is 0.332 e. The van der Waals surface area contributed by atoms with Crippen molar-refractivity contribution >= 4 is 7.60 Å². The fraction of sp³-hybridized carbons (Fsp3) is 1.00. The van der Waals surface area contributed by atoms with Crippen LogP contribution in [0.5, 0.6) is 0 Å². The molecule has 1 aliphatic rings. The fourth-order valence-corrected chi connectivity index (χ4v) is 2.89. The molecule has 1 fully saturated rings. The first kappa shape index (κ1) is 10.2. The third-order valence-electron chi connectivity index (χ3n) is 1.59. The van der Waals surface area contributed by atoms with Crippen molar-refractivity contribution in [1.29, 1.82) is 0 Å². The van der Waals surface area contributed by atoms with Crippen molar-refractivity contribution in [3.8, 4) is 0 Å². The van der Waals surface area contributed by atoms with Crippen molar-refractivity contribution in [3.05, 3.63) is 0 Å². The van der Waals surface area contributed by atoms with Crippen LogP contribution in [-0.4, -0.2) is 32.0 Å². The van der Waals surface area contributed by atoms with E-state index in [1.165, 1.54) is 0 Å². The molecule has 1 rings (SSSR count). The molecule has 0 saturated carbocycles. The van der Waals surface area contributed by atoms with E-state index in [0.29, 0.717) is 25.4 Å². The summed E-state index contributed by atoms with van der Waals surface area (Å²) in [6, 6.07) is 0.342. The summed E-state index contributed by atoms with van der Waals surface area (Å²) in [6.07, 6.45) is 0.509. The van der Waals surface area contributed by atoms with Gasteiger partial charge in [0.25, 0.3) is 0 Å². The van der Waals surface area contributed by atoms with Gasteiger partial charge in [-0.2, -0.15) is 0 Å². The normalized spacial score (nSPS) is 22.7. The lowest BCUT2D eigenvalue weighted by molar-refractivity contribution is 0.220. The maximum Gasteiger partial charge on any atom is 0.332 e. The quantitative estimate of drug-likeness (QED) is 0.509. The van der Waals surface area contributed by atoms with Crippen LogP contribution in [0.1, 0.15) is 13.8 Å². The second kappa shape index (κ2) is 4.38. The SMILES string of the molecule is CCOP(=O)(C[C@@H]1CN1)OCC.